The molecule has 0 saturated carbocycles. The van der Waals surface area contributed by atoms with Crippen LogP contribution in [0.3, 0.4) is 0 Å². The summed E-state index contributed by atoms with van der Waals surface area (Å²) in [6.45, 7) is 0. The van der Waals surface area contributed by atoms with Crippen molar-refractivity contribution >= 4 is 40.4 Å². The molecule has 0 radical (unpaired) electrons. The van der Waals surface area contributed by atoms with Crippen molar-refractivity contribution in [3.63, 3.8) is 0 Å². The average Bonchev–Trinajstić information content (AvgIpc) is 2.82. The van der Waals surface area contributed by atoms with E-state index in [0.717, 1.165) is 16.7 Å². The molecular formula is C16H10N2O5S. The highest BCUT2D eigenvalue weighted by Gasteiger charge is 2.36. The van der Waals surface area contributed by atoms with E-state index in [1.165, 1.54) is 48.5 Å². The number of thioether (sulfide) groups is 1. The first-order valence-electron chi connectivity index (χ1n) is 6.77. The minimum atomic E-state index is -0.514. The lowest BCUT2D eigenvalue weighted by molar-refractivity contribution is -0.384. The van der Waals surface area contributed by atoms with E-state index in [1.54, 1.807) is 6.07 Å². The van der Waals surface area contributed by atoms with Crippen LogP contribution in [0.15, 0.2) is 53.4 Å². The number of phenolic OH excluding ortho intramolecular Hbond substituents is 1. The molecule has 0 spiro atoms. The number of carbonyl (C=O) groups is 2. The number of imide groups is 1. The average molecular weight is 342 g/mol. The standard InChI is InChI=1S/C16H10N2O5S/c19-13-3-1-2-12(9-13)17-15(20)14(24-16(17)21)8-10-4-6-11(7-5-10)18(22)23/h1-9,19H/b14-8-. The summed E-state index contributed by atoms with van der Waals surface area (Å²) in [5.41, 5.74) is 0.798. The van der Waals surface area contributed by atoms with Crippen molar-refractivity contribution in [2.45, 2.75) is 0 Å². The Balaban J connectivity index is 1.89. The molecule has 0 aromatic heterocycles. The number of hydrogen-bond donors (Lipinski definition) is 1. The normalized spacial score (nSPS) is 16.0. The SMILES string of the molecule is O=C1S/C(=C\c2ccc([N+](=O)[O-])cc2)C(=O)N1c1cccc(O)c1. The van der Waals surface area contributed by atoms with E-state index in [2.05, 4.69) is 0 Å². The Labute approximate surface area is 140 Å². The molecular weight excluding hydrogens is 332 g/mol. The van der Waals surface area contributed by atoms with E-state index in [-0.39, 0.29) is 22.0 Å². The molecule has 0 unspecified atom stereocenters. The summed E-state index contributed by atoms with van der Waals surface area (Å²) >= 11 is 0.771. The van der Waals surface area contributed by atoms with Crippen molar-refractivity contribution in [1.29, 1.82) is 0 Å². The zero-order valence-corrected chi connectivity index (χ0v) is 12.9. The molecule has 0 bridgehead atoms. The Kier molecular flexibility index (Phi) is 4.05. The van der Waals surface area contributed by atoms with Crippen LogP contribution in [0, 0.1) is 10.1 Å². The molecule has 8 heteroatoms. The van der Waals surface area contributed by atoms with E-state index in [4.69, 9.17) is 0 Å². The van der Waals surface area contributed by atoms with Crippen LogP contribution in [-0.4, -0.2) is 21.2 Å². The molecule has 1 heterocycles. The van der Waals surface area contributed by atoms with Gasteiger partial charge in [-0.1, -0.05) is 6.07 Å². The summed E-state index contributed by atoms with van der Waals surface area (Å²) in [5, 5.41) is 19.7. The van der Waals surface area contributed by atoms with Crippen LogP contribution >= 0.6 is 11.8 Å². The highest BCUT2D eigenvalue weighted by Crippen LogP contribution is 2.36. The van der Waals surface area contributed by atoms with E-state index in [1.807, 2.05) is 0 Å². The zero-order chi connectivity index (χ0) is 17.3. The maximum Gasteiger partial charge on any atom is 0.298 e. The lowest BCUT2D eigenvalue weighted by atomic mass is 10.2. The van der Waals surface area contributed by atoms with E-state index >= 15 is 0 Å². The summed E-state index contributed by atoms with van der Waals surface area (Å²) in [5.74, 6) is -0.556. The molecule has 24 heavy (non-hydrogen) atoms. The number of nitro groups is 1. The number of benzene rings is 2. The fourth-order valence-corrected chi connectivity index (χ4v) is 3.01. The molecule has 2 aromatic carbocycles. The predicted molar refractivity (Wildman–Crippen MR) is 89.7 cm³/mol. The number of nitro benzene ring substituents is 1. The van der Waals surface area contributed by atoms with Crippen molar-refractivity contribution < 1.29 is 19.6 Å². The highest BCUT2D eigenvalue weighted by molar-refractivity contribution is 8.19. The van der Waals surface area contributed by atoms with Gasteiger partial charge in [0.15, 0.2) is 0 Å². The number of rotatable bonds is 3. The molecule has 1 saturated heterocycles. The molecule has 1 fully saturated rings. The zero-order valence-electron chi connectivity index (χ0n) is 12.1. The van der Waals surface area contributed by atoms with Crippen LogP contribution in [-0.2, 0) is 4.79 Å². The monoisotopic (exact) mass is 342 g/mol. The van der Waals surface area contributed by atoms with E-state index in [0.29, 0.717) is 5.56 Å². The van der Waals surface area contributed by atoms with E-state index < -0.39 is 16.1 Å². The first-order chi connectivity index (χ1) is 11.5. The van der Waals surface area contributed by atoms with Gasteiger partial charge in [-0.2, -0.15) is 0 Å². The summed E-state index contributed by atoms with van der Waals surface area (Å²) in [6, 6.07) is 11.5. The Hall–Kier alpha value is -3.13. The number of aromatic hydroxyl groups is 1. The molecule has 1 aliphatic heterocycles. The number of nitrogens with zero attached hydrogens (tertiary/aromatic N) is 2. The number of non-ortho nitro benzene ring substituents is 1. The Morgan fingerprint density at radius 1 is 1.12 bits per heavy atom. The predicted octanol–water partition coefficient (Wildman–Crippen LogP) is 3.54. The molecule has 1 N–H and O–H groups in total. The smallest absolute Gasteiger partial charge is 0.298 e. The molecule has 120 valence electrons. The fraction of sp³-hybridized carbons (Fsp3) is 0. The van der Waals surface area contributed by atoms with Crippen LogP contribution in [0.1, 0.15) is 5.56 Å². The van der Waals surface area contributed by atoms with E-state index in [9.17, 15) is 24.8 Å². The first kappa shape index (κ1) is 15.8. The molecule has 1 aliphatic rings. The summed E-state index contributed by atoms with van der Waals surface area (Å²) in [4.78, 5) is 35.8. The van der Waals surface area contributed by atoms with Crippen molar-refractivity contribution in [3.05, 3.63) is 69.1 Å². The number of phenols is 1. The van der Waals surface area contributed by atoms with Gasteiger partial charge in [-0.05, 0) is 47.7 Å². The lowest BCUT2D eigenvalue weighted by Gasteiger charge is -2.12. The van der Waals surface area contributed by atoms with Gasteiger partial charge < -0.3 is 5.11 Å². The van der Waals surface area contributed by atoms with Gasteiger partial charge >= 0.3 is 0 Å². The third-order valence-electron chi connectivity index (χ3n) is 3.28. The largest absolute Gasteiger partial charge is 0.508 e. The van der Waals surface area contributed by atoms with Gasteiger partial charge in [-0.25, -0.2) is 4.90 Å². The molecule has 7 nitrogen and oxygen atoms in total. The molecule has 2 aromatic rings. The maximum atomic E-state index is 12.4. The lowest BCUT2D eigenvalue weighted by Crippen LogP contribution is -2.27. The highest BCUT2D eigenvalue weighted by atomic mass is 32.2. The second kappa shape index (κ2) is 6.17. The molecule has 0 atom stereocenters. The maximum absolute atomic E-state index is 12.4. The first-order valence-corrected chi connectivity index (χ1v) is 7.59. The third-order valence-corrected chi connectivity index (χ3v) is 4.15. The van der Waals surface area contributed by atoms with Gasteiger partial charge in [0.1, 0.15) is 5.75 Å². The Morgan fingerprint density at radius 2 is 1.83 bits per heavy atom. The van der Waals surface area contributed by atoms with Crippen LogP contribution < -0.4 is 4.90 Å². The summed E-state index contributed by atoms with van der Waals surface area (Å²) in [7, 11) is 0. The second-order valence-electron chi connectivity index (χ2n) is 4.89. The topological polar surface area (TPSA) is 101 Å². The van der Waals surface area contributed by atoms with Crippen molar-refractivity contribution in [3.8, 4) is 5.75 Å². The van der Waals surface area contributed by atoms with Gasteiger partial charge in [-0.3, -0.25) is 19.7 Å². The van der Waals surface area contributed by atoms with Gasteiger partial charge in [0.25, 0.3) is 16.8 Å². The van der Waals surface area contributed by atoms with Gasteiger partial charge in [0.05, 0.1) is 15.5 Å². The summed E-state index contributed by atoms with van der Waals surface area (Å²) in [6.07, 6.45) is 1.50. The number of carbonyl (C=O) groups excluding carboxylic acids is 2. The third kappa shape index (κ3) is 2.99. The van der Waals surface area contributed by atoms with Crippen molar-refractivity contribution in [2.75, 3.05) is 4.90 Å². The van der Waals surface area contributed by atoms with Crippen molar-refractivity contribution in [1.82, 2.24) is 0 Å². The van der Waals surface area contributed by atoms with Gasteiger partial charge in [0.2, 0.25) is 0 Å². The van der Waals surface area contributed by atoms with Crippen LogP contribution in [0.2, 0.25) is 0 Å². The Bertz CT molecular complexity index is 876. The fourth-order valence-electron chi connectivity index (χ4n) is 2.17. The summed E-state index contributed by atoms with van der Waals surface area (Å²) < 4.78 is 0. The quantitative estimate of drug-likeness (QED) is 0.520. The van der Waals surface area contributed by atoms with Crippen LogP contribution in [0.5, 0.6) is 5.75 Å². The number of anilines is 1. The molecule has 2 amide bonds. The minimum Gasteiger partial charge on any atom is -0.508 e. The second-order valence-corrected chi connectivity index (χ2v) is 5.88. The molecule has 3 rings (SSSR count). The Morgan fingerprint density at radius 3 is 2.46 bits per heavy atom. The van der Waals surface area contributed by atoms with Crippen molar-refractivity contribution in [2.24, 2.45) is 0 Å². The van der Waals surface area contributed by atoms with Gasteiger partial charge in [-0.15, -0.1) is 0 Å². The minimum absolute atomic E-state index is 0.0501. The van der Waals surface area contributed by atoms with Gasteiger partial charge in [0, 0.05) is 18.2 Å². The number of hydrogen-bond acceptors (Lipinski definition) is 6. The number of amides is 2. The van der Waals surface area contributed by atoms with Crippen LogP contribution in [0.25, 0.3) is 6.08 Å². The van der Waals surface area contributed by atoms with Crippen LogP contribution in [0.4, 0.5) is 16.2 Å². The molecule has 0 aliphatic carbocycles.